The van der Waals surface area contributed by atoms with E-state index in [0.29, 0.717) is 6.54 Å². The molecule has 114 valence electrons. The highest BCUT2D eigenvalue weighted by molar-refractivity contribution is 5.81. The third-order valence-electron chi connectivity index (χ3n) is 3.93. The Morgan fingerprint density at radius 1 is 1.00 bits per heavy atom. The first-order valence-electron chi connectivity index (χ1n) is 7.65. The second-order valence-corrected chi connectivity index (χ2v) is 5.49. The van der Waals surface area contributed by atoms with Gasteiger partial charge in [-0.15, -0.1) is 0 Å². The molecule has 2 N–H and O–H groups in total. The van der Waals surface area contributed by atoms with Gasteiger partial charge in [0.05, 0.1) is 18.3 Å². The van der Waals surface area contributed by atoms with Crippen LogP contribution in [0.1, 0.15) is 11.1 Å². The molecule has 0 aliphatic carbocycles. The van der Waals surface area contributed by atoms with Crippen LogP contribution >= 0.6 is 0 Å². The lowest BCUT2D eigenvalue weighted by Crippen LogP contribution is -2.28. The first kappa shape index (κ1) is 14.8. The Morgan fingerprint density at radius 3 is 2.68 bits per heavy atom. The number of fused-ring (bicyclic) bond motifs is 1. The van der Waals surface area contributed by atoms with E-state index in [4.69, 9.17) is 0 Å². The van der Waals surface area contributed by atoms with Crippen LogP contribution in [0.5, 0.6) is 0 Å². The standard InChI is InChI=1S/C18H21N3O/c22-12-11-21(10-9-15-5-2-1-3-6-15)14-17-8-4-7-16-13-19-20-18(16)17/h1-8,13,22H,9-12,14H2,(H,19,20). The number of rotatable bonds is 7. The van der Waals surface area contributed by atoms with Gasteiger partial charge in [-0.2, -0.15) is 5.10 Å². The van der Waals surface area contributed by atoms with Crippen LogP contribution < -0.4 is 0 Å². The first-order valence-corrected chi connectivity index (χ1v) is 7.65. The summed E-state index contributed by atoms with van der Waals surface area (Å²) in [5.74, 6) is 0. The molecule has 0 bridgehead atoms. The van der Waals surface area contributed by atoms with Crippen LogP contribution in [0.3, 0.4) is 0 Å². The fourth-order valence-corrected chi connectivity index (χ4v) is 2.75. The maximum Gasteiger partial charge on any atom is 0.0695 e. The minimum atomic E-state index is 0.174. The molecule has 2 aromatic carbocycles. The number of aromatic amines is 1. The molecule has 0 fully saturated rings. The van der Waals surface area contributed by atoms with Crippen molar-refractivity contribution >= 4 is 10.9 Å². The predicted octanol–water partition coefficient (Wildman–Crippen LogP) is 2.60. The fraction of sp³-hybridized carbons (Fsp3) is 0.278. The number of aromatic nitrogens is 2. The Labute approximate surface area is 130 Å². The molecule has 0 amide bonds. The summed E-state index contributed by atoms with van der Waals surface area (Å²) in [4.78, 5) is 2.28. The fourth-order valence-electron chi connectivity index (χ4n) is 2.75. The molecule has 0 atom stereocenters. The van der Waals surface area contributed by atoms with Crippen LogP contribution in [-0.2, 0) is 13.0 Å². The smallest absolute Gasteiger partial charge is 0.0695 e. The van der Waals surface area contributed by atoms with Gasteiger partial charge in [-0.1, -0.05) is 48.5 Å². The van der Waals surface area contributed by atoms with Crippen molar-refractivity contribution in [2.24, 2.45) is 0 Å². The van der Waals surface area contributed by atoms with Crippen molar-refractivity contribution in [1.29, 1.82) is 0 Å². The molecule has 0 aliphatic heterocycles. The largest absolute Gasteiger partial charge is 0.395 e. The lowest BCUT2D eigenvalue weighted by atomic mass is 10.1. The predicted molar refractivity (Wildman–Crippen MR) is 88.6 cm³/mol. The normalized spacial score (nSPS) is 11.4. The Bertz CT molecular complexity index is 708. The molecule has 4 heteroatoms. The van der Waals surface area contributed by atoms with Gasteiger partial charge in [-0.05, 0) is 17.5 Å². The average Bonchev–Trinajstić information content (AvgIpc) is 3.03. The first-order chi connectivity index (χ1) is 10.9. The van der Waals surface area contributed by atoms with E-state index < -0.39 is 0 Å². The topological polar surface area (TPSA) is 52.1 Å². The van der Waals surface area contributed by atoms with E-state index in [1.807, 2.05) is 12.3 Å². The van der Waals surface area contributed by atoms with Crippen LogP contribution in [-0.4, -0.2) is 39.9 Å². The van der Waals surface area contributed by atoms with Gasteiger partial charge in [0.2, 0.25) is 0 Å². The summed E-state index contributed by atoms with van der Waals surface area (Å²) in [6, 6.07) is 16.7. The molecule has 3 aromatic rings. The van der Waals surface area contributed by atoms with Crippen molar-refractivity contribution in [1.82, 2.24) is 15.1 Å². The molecule has 1 aromatic heterocycles. The Kier molecular flexibility index (Phi) is 4.83. The van der Waals surface area contributed by atoms with E-state index in [2.05, 4.69) is 57.6 Å². The number of hydrogen-bond acceptors (Lipinski definition) is 3. The van der Waals surface area contributed by atoms with Gasteiger partial charge in [0.15, 0.2) is 0 Å². The van der Waals surface area contributed by atoms with Gasteiger partial charge in [0.1, 0.15) is 0 Å². The lowest BCUT2D eigenvalue weighted by Gasteiger charge is -2.21. The molecule has 0 unspecified atom stereocenters. The number of benzene rings is 2. The molecule has 0 aliphatic rings. The van der Waals surface area contributed by atoms with Crippen molar-refractivity contribution in [2.75, 3.05) is 19.7 Å². The molecule has 0 radical (unpaired) electrons. The highest BCUT2D eigenvalue weighted by Crippen LogP contribution is 2.17. The summed E-state index contributed by atoms with van der Waals surface area (Å²) in [6.45, 7) is 2.59. The zero-order chi connectivity index (χ0) is 15.2. The highest BCUT2D eigenvalue weighted by atomic mass is 16.3. The van der Waals surface area contributed by atoms with Crippen LogP contribution in [0.4, 0.5) is 0 Å². The van der Waals surface area contributed by atoms with Crippen molar-refractivity contribution < 1.29 is 5.11 Å². The summed E-state index contributed by atoms with van der Waals surface area (Å²) >= 11 is 0. The number of nitrogens with one attached hydrogen (secondary N) is 1. The maximum absolute atomic E-state index is 9.32. The maximum atomic E-state index is 9.32. The van der Waals surface area contributed by atoms with Gasteiger partial charge in [-0.25, -0.2) is 0 Å². The van der Waals surface area contributed by atoms with E-state index >= 15 is 0 Å². The molecule has 4 nitrogen and oxygen atoms in total. The molecule has 22 heavy (non-hydrogen) atoms. The van der Waals surface area contributed by atoms with E-state index in [-0.39, 0.29) is 6.61 Å². The van der Waals surface area contributed by atoms with Crippen LogP contribution in [0.25, 0.3) is 10.9 Å². The summed E-state index contributed by atoms with van der Waals surface area (Å²) < 4.78 is 0. The van der Waals surface area contributed by atoms with Crippen molar-refractivity contribution in [3.8, 4) is 0 Å². The van der Waals surface area contributed by atoms with E-state index in [0.717, 1.165) is 30.4 Å². The molecular weight excluding hydrogens is 274 g/mol. The number of nitrogens with zero attached hydrogens (tertiary/aromatic N) is 2. The van der Waals surface area contributed by atoms with Gasteiger partial charge >= 0.3 is 0 Å². The van der Waals surface area contributed by atoms with Crippen molar-refractivity contribution in [2.45, 2.75) is 13.0 Å². The number of aliphatic hydroxyl groups is 1. The molecule has 3 rings (SSSR count). The Balaban J connectivity index is 1.70. The van der Waals surface area contributed by atoms with Crippen molar-refractivity contribution in [3.63, 3.8) is 0 Å². The van der Waals surface area contributed by atoms with E-state index in [9.17, 15) is 5.11 Å². The van der Waals surface area contributed by atoms with E-state index in [1.165, 1.54) is 11.1 Å². The van der Waals surface area contributed by atoms with Crippen LogP contribution in [0.2, 0.25) is 0 Å². The quantitative estimate of drug-likeness (QED) is 0.704. The molecule has 1 heterocycles. The van der Waals surface area contributed by atoms with Gasteiger partial charge in [0, 0.05) is 25.0 Å². The zero-order valence-corrected chi connectivity index (χ0v) is 12.6. The Hall–Kier alpha value is -2.17. The second kappa shape index (κ2) is 7.20. The van der Waals surface area contributed by atoms with Crippen LogP contribution in [0.15, 0.2) is 54.7 Å². The van der Waals surface area contributed by atoms with Gasteiger partial charge in [0.25, 0.3) is 0 Å². The van der Waals surface area contributed by atoms with Gasteiger partial charge < -0.3 is 5.11 Å². The average molecular weight is 295 g/mol. The van der Waals surface area contributed by atoms with Crippen molar-refractivity contribution in [3.05, 3.63) is 65.9 Å². The minimum Gasteiger partial charge on any atom is -0.395 e. The van der Waals surface area contributed by atoms with E-state index in [1.54, 1.807) is 0 Å². The van der Waals surface area contributed by atoms with Crippen LogP contribution in [0, 0.1) is 0 Å². The number of H-pyrrole nitrogens is 1. The zero-order valence-electron chi connectivity index (χ0n) is 12.6. The summed E-state index contributed by atoms with van der Waals surface area (Å²) in [5, 5.41) is 17.6. The molecular formula is C18H21N3O. The van der Waals surface area contributed by atoms with Gasteiger partial charge in [-0.3, -0.25) is 10.00 Å². The minimum absolute atomic E-state index is 0.174. The second-order valence-electron chi connectivity index (χ2n) is 5.49. The number of aliphatic hydroxyl groups excluding tert-OH is 1. The summed E-state index contributed by atoms with van der Waals surface area (Å²) in [5.41, 5.74) is 3.63. The molecule has 0 spiro atoms. The summed E-state index contributed by atoms with van der Waals surface area (Å²) in [6.07, 6.45) is 2.83. The highest BCUT2D eigenvalue weighted by Gasteiger charge is 2.09. The molecule has 0 saturated heterocycles. The molecule has 0 saturated carbocycles. The Morgan fingerprint density at radius 2 is 1.86 bits per heavy atom. The SMILES string of the molecule is OCCN(CCc1ccccc1)Cc1cccc2cn[nH]c12. The number of para-hydroxylation sites is 1. The number of hydrogen-bond donors (Lipinski definition) is 2. The lowest BCUT2D eigenvalue weighted by molar-refractivity contribution is 0.192. The third kappa shape index (κ3) is 3.53. The monoisotopic (exact) mass is 295 g/mol. The third-order valence-corrected chi connectivity index (χ3v) is 3.93. The summed E-state index contributed by atoms with van der Waals surface area (Å²) in [7, 11) is 0.